The fraction of sp³-hybridized carbons (Fsp3) is 0.286. The van der Waals surface area contributed by atoms with Gasteiger partial charge in [-0.1, -0.05) is 38.4 Å². The molecule has 0 saturated carbocycles. The van der Waals surface area contributed by atoms with Crippen LogP contribution >= 0.6 is 11.6 Å². The molecule has 0 radical (unpaired) electrons. The van der Waals surface area contributed by atoms with Crippen molar-refractivity contribution in [3.05, 3.63) is 40.5 Å². The first-order valence-corrected chi connectivity index (χ1v) is 5.80. The number of rotatable bonds is 0. The predicted molar refractivity (Wildman–Crippen MR) is 70.2 cm³/mol. The fourth-order valence-corrected chi connectivity index (χ4v) is 1.89. The Labute approximate surface area is 106 Å². The Morgan fingerprint density at radius 1 is 1.24 bits per heavy atom. The van der Waals surface area contributed by atoms with Crippen molar-refractivity contribution in [1.29, 1.82) is 5.26 Å². The van der Waals surface area contributed by atoms with E-state index in [1.54, 1.807) is 6.07 Å². The molecule has 3 heteroatoms. The third kappa shape index (κ3) is 2.25. The number of halogens is 1. The molecule has 1 heterocycles. The molecule has 0 aliphatic carbocycles. The molecule has 0 atom stereocenters. The highest BCUT2D eigenvalue weighted by atomic mass is 35.5. The second-order valence-corrected chi connectivity index (χ2v) is 5.45. The van der Waals surface area contributed by atoms with Crippen LogP contribution in [0.4, 0.5) is 0 Å². The minimum atomic E-state index is 0.0840. The van der Waals surface area contributed by atoms with Crippen LogP contribution in [0.15, 0.2) is 24.3 Å². The van der Waals surface area contributed by atoms with Gasteiger partial charge in [-0.25, -0.2) is 4.98 Å². The zero-order valence-corrected chi connectivity index (χ0v) is 10.8. The molecule has 0 unspecified atom stereocenters. The maximum Gasteiger partial charge on any atom is 0.147 e. The van der Waals surface area contributed by atoms with Gasteiger partial charge in [0.05, 0.1) is 11.1 Å². The molecular weight excluding hydrogens is 232 g/mol. The molecule has 0 aliphatic heterocycles. The summed E-state index contributed by atoms with van der Waals surface area (Å²) in [6.07, 6.45) is 0. The van der Waals surface area contributed by atoms with E-state index in [0.29, 0.717) is 5.56 Å². The predicted octanol–water partition coefficient (Wildman–Crippen LogP) is 4.06. The standard InChI is InChI=1S/C14H13ClN2/c1-14(2,3)11-4-5-12-9(7-11)6-10(8-16)13(15)17-12/h4-7H,1-3H3. The van der Waals surface area contributed by atoms with Crippen molar-refractivity contribution in [1.82, 2.24) is 4.98 Å². The highest BCUT2D eigenvalue weighted by Gasteiger charge is 2.14. The summed E-state index contributed by atoms with van der Waals surface area (Å²) in [6, 6.07) is 9.91. The van der Waals surface area contributed by atoms with E-state index < -0.39 is 0 Å². The first-order chi connectivity index (χ1) is 7.91. The van der Waals surface area contributed by atoms with E-state index in [9.17, 15) is 0 Å². The van der Waals surface area contributed by atoms with Crippen LogP contribution in [-0.4, -0.2) is 4.98 Å². The maximum absolute atomic E-state index is 8.93. The van der Waals surface area contributed by atoms with Crippen molar-refractivity contribution >= 4 is 22.5 Å². The molecule has 2 aromatic rings. The Kier molecular flexibility index (Phi) is 2.81. The average molecular weight is 245 g/mol. The van der Waals surface area contributed by atoms with Gasteiger partial charge in [-0.2, -0.15) is 5.26 Å². The Morgan fingerprint density at radius 3 is 2.53 bits per heavy atom. The molecule has 0 bridgehead atoms. The molecule has 0 saturated heterocycles. The third-order valence-corrected chi connectivity index (χ3v) is 3.04. The van der Waals surface area contributed by atoms with Gasteiger partial charge in [0, 0.05) is 5.39 Å². The third-order valence-electron chi connectivity index (χ3n) is 2.75. The first kappa shape index (κ1) is 11.9. The van der Waals surface area contributed by atoms with E-state index in [2.05, 4.69) is 44.0 Å². The van der Waals surface area contributed by atoms with Crippen LogP contribution in [0.1, 0.15) is 31.9 Å². The molecule has 86 valence electrons. The van der Waals surface area contributed by atoms with Crippen LogP contribution in [0.25, 0.3) is 10.9 Å². The molecule has 0 spiro atoms. The Hall–Kier alpha value is -1.59. The van der Waals surface area contributed by atoms with Crippen LogP contribution in [0.2, 0.25) is 5.15 Å². The van der Waals surface area contributed by atoms with E-state index in [0.717, 1.165) is 10.9 Å². The number of benzene rings is 1. The van der Waals surface area contributed by atoms with Crippen LogP contribution in [-0.2, 0) is 5.41 Å². The number of fused-ring (bicyclic) bond motifs is 1. The van der Waals surface area contributed by atoms with Gasteiger partial charge in [0.25, 0.3) is 0 Å². The van der Waals surface area contributed by atoms with E-state index in [1.807, 2.05) is 6.07 Å². The second-order valence-electron chi connectivity index (χ2n) is 5.10. The summed E-state index contributed by atoms with van der Waals surface area (Å²) in [7, 11) is 0. The summed E-state index contributed by atoms with van der Waals surface area (Å²) in [6.45, 7) is 6.47. The number of nitrogens with zero attached hydrogens (tertiary/aromatic N) is 2. The van der Waals surface area contributed by atoms with Crippen molar-refractivity contribution < 1.29 is 0 Å². The first-order valence-electron chi connectivity index (χ1n) is 5.43. The Bertz CT molecular complexity index is 618. The van der Waals surface area contributed by atoms with Crippen LogP contribution < -0.4 is 0 Å². The van der Waals surface area contributed by atoms with Crippen LogP contribution in [0, 0.1) is 11.3 Å². The summed E-state index contributed by atoms with van der Waals surface area (Å²) >= 11 is 5.90. The van der Waals surface area contributed by atoms with Crippen LogP contribution in [0.3, 0.4) is 0 Å². The normalized spacial score (nSPS) is 11.5. The van der Waals surface area contributed by atoms with Gasteiger partial charge in [-0.15, -0.1) is 0 Å². The zero-order valence-electron chi connectivity index (χ0n) is 10.1. The van der Waals surface area contributed by atoms with E-state index in [-0.39, 0.29) is 10.6 Å². The number of hydrogen-bond donors (Lipinski definition) is 0. The summed E-state index contributed by atoms with van der Waals surface area (Å²) in [4.78, 5) is 4.21. The largest absolute Gasteiger partial charge is 0.235 e. The molecule has 2 rings (SSSR count). The lowest BCUT2D eigenvalue weighted by molar-refractivity contribution is 0.591. The SMILES string of the molecule is CC(C)(C)c1ccc2nc(Cl)c(C#N)cc2c1. The minimum Gasteiger partial charge on any atom is -0.235 e. The van der Waals surface area contributed by atoms with Gasteiger partial charge in [0.1, 0.15) is 11.2 Å². The van der Waals surface area contributed by atoms with E-state index in [4.69, 9.17) is 16.9 Å². The highest BCUT2D eigenvalue weighted by molar-refractivity contribution is 6.31. The molecule has 0 fully saturated rings. The molecule has 0 amide bonds. The van der Waals surface area contributed by atoms with Gasteiger partial charge < -0.3 is 0 Å². The molecule has 1 aromatic heterocycles. The number of hydrogen-bond acceptors (Lipinski definition) is 2. The van der Waals surface area contributed by atoms with Crippen molar-refractivity contribution in [2.45, 2.75) is 26.2 Å². The van der Waals surface area contributed by atoms with Gasteiger partial charge in [-0.05, 0) is 29.2 Å². The summed E-state index contributed by atoms with van der Waals surface area (Å²) in [5.74, 6) is 0. The molecule has 1 aromatic carbocycles. The summed E-state index contributed by atoms with van der Waals surface area (Å²) in [5.41, 5.74) is 2.55. The van der Waals surface area contributed by atoms with Crippen molar-refractivity contribution in [3.63, 3.8) is 0 Å². The van der Waals surface area contributed by atoms with E-state index >= 15 is 0 Å². The highest BCUT2D eigenvalue weighted by Crippen LogP contribution is 2.27. The van der Waals surface area contributed by atoms with Crippen molar-refractivity contribution in [2.75, 3.05) is 0 Å². The number of pyridine rings is 1. The van der Waals surface area contributed by atoms with Gasteiger partial charge >= 0.3 is 0 Å². The minimum absolute atomic E-state index is 0.0840. The zero-order chi connectivity index (χ0) is 12.6. The summed E-state index contributed by atoms with van der Waals surface area (Å²) < 4.78 is 0. The monoisotopic (exact) mass is 244 g/mol. The van der Waals surface area contributed by atoms with Crippen molar-refractivity contribution in [3.8, 4) is 6.07 Å². The number of aromatic nitrogens is 1. The molecule has 0 N–H and O–H groups in total. The quantitative estimate of drug-likeness (QED) is 0.656. The fourth-order valence-electron chi connectivity index (χ4n) is 1.70. The van der Waals surface area contributed by atoms with Gasteiger partial charge in [0.15, 0.2) is 0 Å². The van der Waals surface area contributed by atoms with Gasteiger partial charge in [-0.3, -0.25) is 0 Å². The molecule has 0 aliphatic rings. The molecule has 2 nitrogen and oxygen atoms in total. The lowest BCUT2D eigenvalue weighted by atomic mass is 9.86. The Balaban J connectivity index is 2.70. The lowest BCUT2D eigenvalue weighted by Crippen LogP contribution is -2.10. The number of nitriles is 1. The van der Waals surface area contributed by atoms with Crippen LogP contribution in [0.5, 0.6) is 0 Å². The lowest BCUT2D eigenvalue weighted by Gasteiger charge is -2.19. The van der Waals surface area contributed by atoms with E-state index in [1.165, 1.54) is 5.56 Å². The smallest absolute Gasteiger partial charge is 0.147 e. The molecular formula is C14H13ClN2. The second kappa shape index (κ2) is 4.01. The average Bonchev–Trinajstić information content (AvgIpc) is 2.26. The molecule has 17 heavy (non-hydrogen) atoms. The maximum atomic E-state index is 8.93. The van der Waals surface area contributed by atoms with Gasteiger partial charge in [0.2, 0.25) is 0 Å². The van der Waals surface area contributed by atoms with Crippen molar-refractivity contribution in [2.24, 2.45) is 0 Å². The Morgan fingerprint density at radius 2 is 1.94 bits per heavy atom. The topological polar surface area (TPSA) is 36.7 Å². The summed E-state index contributed by atoms with van der Waals surface area (Å²) in [5, 5.41) is 10.2.